The van der Waals surface area contributed by atoms with E-state index in [4.69, 9.17) is 0 Å². The van der Waals surface area contributed by atoms with E-state index in [1.807, 2.05) is 0 Å². The van der Waals surface area contributed by atoms with E-state index in [0.29, 0.717) is 17.8 Å². The molecule has 3 aliphatic carbocycles. The lowest BCUT2D eigenvalue weighted by Crippen LogP contribution is -2.51. The topological polar surface area (TPSA) is 40.5 Å². The summed E-state index contributed by atoms with van der Waals surface area (Å²) in [5.74, 6) is 1.37. The third-order valence-electron chi connectivity index (χ3n) is 3.55. The molecular weight excluding hydrogens is 140 g/mol. The monoisotopic (exact) mass is 156 g/mol. The standard InChI is InChI=1S/C9H16O2/c1-5-4-6-2-3-7(5)9(11)8(6)10/h5-11H,2-4H2,1H3/t5-,6+,7-,8+,9-/m0/s1. The van der Waals surface area contributed by atoms with Crippen molar-refractivity contribution in [3.8, 4) is 0 Å². The average Bonchev–Trinajstić information content (AvgIpc) is 1.99. The summed E-state index contributed by atoms with van der Waals surface area (Å²) >= 11 is 0. The van der Waals surface area contributed by atoms with Gasteiger partial charge in [0, 0.05) is 0 Å². The smallest absolute Gasteiger partial charge is 0.0832 e. The Morgan fingerprint density at radius 1 is 1.09 bits per heavy atom. The Labute approximate surface area is 67.2 Å². The second-order valence-corrected chi connectivity index (χ2v) is 4.20. The first-order chi connectivity index (χ1) is 5.20. The molecule has 3 saturated carbocycles. The molecule has 2 bridgehead atoms. The van der Waals surface area contributed by atoms with Crippen molar-refractivity contribution < 1.29 is 10.2 Å². The first kappa shape index (κ1) is 7.56. The lowest BCUT2D eigenvalue weighted by Gasteiger charge is -2.47. The van der Waals surface area contributed by atoms with Gasteiger partial charge in [-0.05, 0) is 37.0 Å². The number of aliphatic hydroxyl groups is 2. The zero-order valence-electron chi connectivity index (χ0n) is 6.90. The zero-order valence-corrected chi connectivity index (χ0v) is 6.90. The van der Waals surface area contributed by atoms with E-state index in [1.54, 1.807) is 0 Å². The molecule has 3 fully saturated rings. The highest BCUT2D eigenvalue weighted by Gasteiger charge is 2.45. The van der Waals surface area contributed by atoms with Crippen molar-refractivity contribution in [1.82, 2.24) is 0 Å². The number of fused-ring (bicyclic) bond motifs is 3. The third-order valence-corrected chi connectivity index (χ3v) is 3.55. The molecule has 5 atom stereocenters. The molecule has 0 spiro atoms. The predicted octanol–water partition coefficient (Wildman–Crippen LogP) is 0.774. The van der Waals surface area contributed by atoms with Crippen LogP contribution < -0.4 is 0 Å². The molecule has 0 aromatic rings. The second kappa shape index (κ2) is 2.46. The number of aliphatic hydroxyl groups excluding tert-OH is 2. The van der Waals surface area contributed by atoms with E-state index in [2.05, 4.69) is 6.92 Å². The Balaban J connectivity index is 2.16. The molecule has 0 radical (unpaired) electrons. The highest BCUT2D eigenvalue weighted by molar-refractivity contribution is 4.95. The van der Waals surface area contributed by atoms with Crippen LogP contribution in [0, 0.1) is 17.8 Å². The minimum atomic E-state index is -0.433. The first-order valence-electron chi connectivity index (χ1n) is 4.56. The third kappa shape index (κ3) is 1.00. The SMILES string of the molecule is C[C@H]1C[C@H]2CC[C@@H]1[C@H](O)[C@@H]2O. The molecule has 0 aromatic carbocycles. The van der Waals surface area contributed by atoms with E-state index in [0.717, 1.165) is 19.3 Å². The van der Waals surface area contributed by atoms with Crippen molar-refractivity contribution in [1.29, 1.82) is 0 Å². The molecule has 0 amide bonds. The van der Waals surface area contributed by atoms with Gasteiger partial charge in [0.05, 0.1) is 12.2 Å². The van der Waals surface area contributed by atoms with Crippen molar-refractivity contribution in [3.63, 3.8) is 0 Å². The highest BCUT2D eigenvalue weighted by Crippen LogP contribution is 2.44. The van der Waals surface area contributed by atoms with Gasteiger partial charge in [0.25, 0.3) is 0 Å². The van der Waals surface area contributed by atoms with Crippen molar-refractivity contribution in [2.24, 2.45) is 17.8 Å². The fourth-order valence-corrected chi connectivity index (χ4v) is 2.81. The van der Waals surface area contributed by atoms with E-state index in [-0.39, 0.29) is 0 Å². The second-order valence-electron chi connectivity index (χ2n) is 4.20. The lowest BCUT2D eigenvalue weighted by molar-refractivity contribution is -0.129. The van der Waals surface area contributed by atoms with Crippen molar-refractivity contribution >= 4 is 0 Å². The van der Waals surface area contributed by atoms with Gasteiger partial charge in [-0.2, -0.15) is 0 Å². The van der Waals surface area contributed by atoms with Crippen LogP contribution >= 0.6 is 0 Å². The van der Waals surface area contributed by atoms with Crippen LogP contribution in [-0.2, 0) is 0 Å². The fraction of sp³-hybridized carbons (Fsp3) is 1.00. The Morgan fingerprint density at radius 2 is 1.82 bits per heavy atom. The Hall–Kier alpha value is -0.0800. The van der Waals surface area contributed by atoms with Crippen LogP contribution in [-0.4, -0.2) is 22.4 Å². The summed E-state index contributed by atoms with van der Waals surface area (Å²) in [4.78, 5) is 0. The number of hydrogen-bond acceptors (Lipinski definition) is 2. The van der Waals surface area contributed by atoms with Gasteiger partial charge in [-0.25, -0.2) is 0 Å². The molecule has 3 aliphatic rings. The van der Waals surface area contributed by atoms with Crippen LogP contribution in [0.3, 0.4) is 0 Å². The van der Waals surface area contributed by atoms with Gasteiger partial charge in [0.2, 0.25) is 0 Å². The van der Waals surface area contributed by atoms with E-state index in [1.165, 1.54) is 0 Å². The van der Waals surface area contributed by atoms with Gasteiger partial charge in [-0.3, -0.25) is 0 Å². The minimum Gasteiger partial charge on any atom is -0.390 e. The summed E-state index contributed by atoms with van der Waals surface area (Å²) in [5.41, 5.74) is 0. The largest absolute Gasteiger partial charge is 0.390 e. The molecule has 3 rings (SSSR count). The summed E-state index contributed by atoms with van der Waals surface area (Å²) in [6, 6.07) is 0. The molecule has 0 unspecified atom stereocenters. The van der Waals surface area contributed by atoms with E-state index < -0.39 is 12.2 Å². The molecule has 11 heavy (non-hydrogen) atoms. The van der Waals surface area contributed by atoms with Gasteiger partial charge in [-0.15, -0.1) is 0 Å². The van der Waals surface area contributed by atoms with Crippen LogP contribution in [0.4, 0.5) is 0 Å². The van der Waals surface area contributed by atoms with Gasteiger partial charge < -0.3 is 10.2 Å². The van der Waals surface area contributed by atoms with Crippen molar-refractivity contribution in [2.45, 2.75) is 38.4 Å². The van der Waals surface area contributed by atoms with Crippen molar-refractivity contribution in [2.75, 3.05) is 0 Å². The minimum absolute atomic E-state index is 0.370. The molecule has 0 aliphatic heterocycles. The molecule has 2 heteroatoms. The summed E-state index contributed by atoms with van der Waals surface area (Å²) < 4.78 is 0. The maximum Gasteiger partial charge on any atom is 0.0832 e. The van der Waals surface area contributed by atoms with Crippen LogP contribution in [0.5, 0.6) is 0 Å². The van der Waals surface area contributed by atoms with Crippen molar-refractivity contribution in [3.05, 3.63) is 0 Å². The highest BCUT2D eigenvalue weighted by atomic mass is 16.3. The Bertz CT molecular complexity index is 156. The molecule has 2 N–H and O–H groups in total. The summed E-state index contributed by atoms with van der Waals surface area (Å²) in [7, 11) is 0. The average molecular weight is 156 g/mol. The lowest BCUT2D eigenvalue weighted by atomic mass is 9.62. The summed E-state index contributed by atoms with van der Waals surface area (Å²) in [5, 5.41) is 19.1. The quantitative estimate of drug-likeness (QED) is 0.544. The maximum absolute atomic E-state index is 9.59. The van der Waals surface area contributed by atoms with Gasteiger partial charge in [0.15, 0.2) is 0 Å². The Kier molecular flexibility index (Phi) is 1.69. The normalized spacial score (nSPS) is 56.5. The van der Waals surface area contributed by atoms with E-state index >= 15 is 0 Å². The van der Waals surface area contributed by atoms with Gasteiger partial charge in [-0.1, -0.05) is 6.92 Å². The van der Waals surface area contributed by atoms with Crippen LogP contribution in [0.2, 0.25) is 0 Å². The molecule has 0 saturated heterocycles. The van der Waals surface area contributed by atoms with Crippen LogP contribution in [0.15, 0.2) is 0 Å². The molecule has 0 aromatic heterocycles. The van der Waals surface area contributed by atoms with E-state index in [9.17, 15) is 10.2 Å². The summed E-state index contributed by atoms with van der Waals surface area (Å²) in [6.07, 6.45) is 2.49. The van der Waals surface area contributed by atoms with Crippen LogP contribution in [0.1, 0.15) is 26.2 Å². The zero-order chi connectivity index (χ0) is 8.01. The van der Waals surface area contributed by atoms with Crippen LogP contribution in [0.25, 0.3) is 0 Å². The Morgan fingerprint density at radius 3 is 2.27 bits per heavy atom. The first-order valence-corrected chi connectivity index (χ1v) is 4.56. The molecule has 0 heterocycles. The number of rotatable bonds is 0. The number of hydrogen-bond donors (Lipinski definition) is 2. The fourth-order valence-electron chi connectivity index (χ4n) is 2.81. The molecule has 2 nitrogen and oxygen atoms in total. The maximum atomic E-state index is 9.59. The van der Waals surface area contributed by atoms with Gasteiger partial charge >= 0.3 is 0 Å². The molecular formula is C9H16O2. The predicted molar refractivity (Wildman–Crippen MR) is 42.0 cm³/mol. The summed E-state index contributed by atoms with van der Waals surface area (Å²) in [6.45, 7) is 2.19. The van der Waals surface area contributed by atoms with Gasteiger partial charge in [0.1, 0.15) is 0 Å². The molecule has 64 valence electrons.